The first-order chi connectivity index (χ1) is 9.61. The van der Waals surface area contributed by atoms with Gasteiger partial charge in [0, 0.05) is 17.3 Å². The first kappa shape index (κ1) is 12.9. The lowest BCUT2D eigenvalue weighted by molar-refractivity contribution is 1.04. The van der Waals surface area contributed by atoms with E-state index in [2.05, 4.69) is 26.3 Å². The van der Waals surface area contributed by atoms with Gasteiger partial charge in [-0.3, -0.25) is 0 Å². The van der Waals surface area contributed by atoms with Crippen LogP contribution in [0.1, 0.15) is 17.1 Å². The molecule has 0 saturated carbocycles. The summed E-state index contributed by atoms with van der Waals surface area (Å²) in [6, 6.07) is 9.84. The largest absolute Gasteiger partial charge is 0.365 e. The molecule has 20 heavy (non-hydrogen) atoms. The Kier molecular flexibility index (Phi) is 3.32. The van der Waals surface area contributed by atoms with Crippen LogP contribution in [-0.4, -0.2) is 15.0 Å². The number of hydrogen-bond donors (Lipinski definition) is 2. The zero-order valence-electron chi connectivity index (χ0n) is 11.4. The van der Waals surface area contributed by atoms with E-state index in [1.807, 2.05) is 38.1 Å². The van der Waals surface area contributed by atoms with Gasteiger partial charge in [-0.1, -0.05) is 23.7 Å². The Morgan fingerprint density at radius 2 is 1.90 bits per heavy atom. The summed E-state index contributed by atoms with van der Waals surface area (Å²) in [5.74, 6) is 1.60. The van der Waals surface area contributed by atoms with Gasteiger partial charge in [-0.25, -0.2) is 9.97 Å². The van der Waals surface area contributed by atoms with Crippen LogP contribution >= 0.6 is 11.6 Å². The van der Waals surface area contributed by atoms with Crippen LogP contribution in [0.2, 0.25) is 5.02 Å². The van der Waals surface area contributed by atoms with E-state index in [-0.39, 0.29) is 0 Å². The molecule has 0 aliphatic rings. The topological polar surface area (TPSA) is 53.6 Å². The number of H-pyrrole nitrogens is 1. The van der Waals surface area contributed by atoms with E-state index in [1.165, 1.54) is 0 Å². The number of aromatic amines is 1. The minimum atomic E-state index is 0.701. The number of fused-ring (bicyclic) bond motifs is 1. The lowest BCUT2D eigenvalue weighted by Crippen LogP contribution is -2.03. The summed E-state index contributed by atoms with van der Waals surface area (Å²) in [6.07, 6.45) is 0. The molecule has 102 valence electrons. The molecule has 2 aromatic heterocycles. The Morgan fingerprint density at radius 1 is 1.15 bits per heavy atom. The maximum absolute atomic E-state index is 5.89. The SMILES string of the molecule is Cc1nc(NCc2ccc(Cl)cc2)c2cc(C)[nH]c2n1. The Balaban J connectivity index is 1.88. The van der Waals surface area contributed by atoms with Crippen molar-refractivity contribution < 1.29 is 0 Å². The summed E-state index contributed by atoms with van der Waals surface area (Å²) in [6.45, 7) is 4.61. The number of anilines is 1. The lowest BCUT2D eigenvalue weighted by Gasteiger charge is -2.07. The first-order valence-electron chi connectivity index (χ1n) is 6.44. The average Bonchev–Trinajstić information content (AvgIpc) is 2.78. The van der Waals surface area contributed by atoms with E-state index in [9.17, 15) is 0 Å². The van der Waals surface area contributed by atoms with Gasteiger partial charge in [0.05, 0.1) is 5.39 Å². The Bertz CT molecular complexity index is 746. The number of hydrogen-bond acceptors (Lipinski definition) is 3. The molecule has 0 radical (unpaired) electrons. The standard InChI is InChI=1S/C15H15ClN4/c1-9-7-13-14(19-10(2)20-15(13)18-9)17-8-11-3-5-12(16)6-4-11/h3-7H,8H2,1-2H3,(H2,17,18,19,20). The van der Waals surface area contributed by atoms with Crippen LogP contribution < -0.4 is 5.32 Å². The third kappa shape index (κ3) is 2.60. The van der Waals surface area contributed by atoms with Gasteiger partial charge in [0.15, 0.2) is 0 Å². The predicted molar refractivity (Wildman–Crippen MR) is 82.1 cm³/mol. The highest BCUT2D eigenvalue weighted by molar-refractivity contribution is 6.30. The molecule has 0 spiro atoms. The average molecular weight is 287 g/mol. The number of aryl methyl sites for hydroxylation is 2. The van der Waals surface area contributed by atoms with Crippen molar-refractivity contribution in [3.8, 4) is 0 Å². The summed E-state index contributed by atoms with van der Waals surface area (Å²) >= 11 is 5.89. The number of benzene rings is 1. The van der Waals surface area contributed by atoms with Crippen molar-refractivity contribution in [2.45, 2.75) is 20.4 Å². The first-order valence-corrected chi connectivity index (χ1v) is 6.82. The van der Waals surface area contributed by atoms with Crippen molar-refractivity contribution in [2.24, 2.45) is 0 Å². The van der Waals surface area contributed by atoms with Crippen LogP contribution in [0, 0.1) is 13.8 Å². The van der Waals surface area contributed by atoms with E-state index in [0.717, 1.165) is 39.0 Å². The molecule has 0 atom stereocenters. The minimum Gasteiger partial charge on any atom is -0.365 e. The van der Waals surface area contributed by atoms with Crippen molar-refractivity contribution in [3.63, 3.8) is 0 Å². The lowest BCUT2D eigenvalue weighted by atomic mass is 10.2. The molecule has 1 aromatic carbocycles. The second-order valence-electron chi connectivity index (χ2n) is 4.81. The van der Waals surface area contributed by atoms with Crippen LogP contribution in [0.5, 0.6) is 0 Å². The summed E-state index contributed by atoms with van der Waals surface area (Å²) in [5, 5.41) is 5.12. The molecular formula is C15H15ClN4. The fraction of sp³-hybridized carbons (Fsp3) is 0.200. The number of nitrogens with one attached hydrogen (secondary N) is 2. The van der Waals surface area contributed by atoms with Crippen LogP contribution in [0.25, 0.3) is 11.0 Å². The highest BCUT2D eigenvalue weighted by Crippen LogP contribution is 2.22. The molecule has 0 saturated heterocycles. The highest BCUT2D eigenvalue weighted by atomic mass is 35.5. The van der Waals surface area contributed by atoms with Gasteiger partial charge in [-0.2, -0.15) is 0 Å². The van der Waals surface area contributed by atoms with Crippen molar-refractivity contribution in [3.05, 3.63) is 52.4 Å². The molecule has 4 nitrogen and oxygen atoms in total. The van der Waals surface area contributed by atoms with Crippen LogP contribution in [0.15, 0.2) is 30.3 Å². The molecule has 0 aliphatic heterocycles. The zero-order valence-corrected chi connectivity index (χ0v) is 12.1. The summed E-state index contributed by atoms with van der Waals surface area (Å²) in [7, 11) is 0. The van der Waals surface area contributed by atoms with E-state index >= 15 is 0 Å². The minimum absolute atomic E-state index is 0.701. The van der Waals surface area contributed by atoms with Crippen molar-refractivity contribution >= 4 is 28.5 Å². The number of aromatic nitrogens is 3. The molecule has 3 aromatic rings. The van der Waals surface area contributed by atoms with Crippen LogP contribution in [-0.2, 0) is 6.54 Å². The molecule has 0 aliphatic carbocycles. The summed E-state index contributed by atoms with van der Waals surface area (Å²) in [4.78, 5) is 12.1. The molecule has 2 heterocycles. The Labute approximate surface area is 122 Å². The molecule has 0 amide bonds. The smallest absolute Gasteiger partial charge is 0.143 e. The predicted octanol–water partition coefficient (Wildman–Crippen LogP) is 3.84. The second kappa shape index (κ2) is 5.13. The molecule has 2 N–H and O–H groups in total. The Hall–Kier alpha value is -2.07. The van der Waals surface area contributed by atoms with E-state index in [0.29, 0.717) is 6.54 Å². The van der Waals surface area contributed by atoms with E-state index < -0.39 is 0 Å². The fourth-order valence-corrected chi connectivity index (χ4v) is 2.30. The Morgan fingerprint density at radius 3 is 2.65 bits per heavy atom. The molecule has 0 unspecified atom stereocenters. The second-order valence-corrected chi connectivity index (χ2v) is 5.25. The van der Waals surface area contributed by atoms with Gasteiger partial charge in [0.25, 0.3) is 0 Å². The third-order valence-corrected chi connectivity index (χ3v) is 3.36. The fourth-order valence-electron chi connectivity index (χ4n) is 2.18. The quantitative estimate of drug-likeness (QED) is 0.769. The van der Waals surface area contributed by atoms with Crippen LogP contribution in [0.4, 0.5) is 5.82 Å². The summed E-state index contributed by atoms with van der Waals surface area (Å²) < 4.78 is 0. The molecular weight excluding hydrogens is 272 g/mol. The monoisotopic (exact) mass is 286 g/mol. The summed E-state index contributed by atoms with van der Waals surface area (Å²) in [5.41, 5.74) is 3.11. The van der Waals surface area contributed by atoms with Gasteiger partial charge in [0.1, 0.15) is 17.3 Å². The van der Waals surface area contributed by atoms with Crippen molar-refractivity contribution in [1.29, 1.82) is 0 Å². The third-order valence-electron chi connectivity index (χ3n) is 3.11. The molecule has 5 heteroatoms. The maximum atomic E-state index is 5.89. The highest BCUT2D eigenvalue weighted by Gasteiger charge is 2.08. The molecule has 3 rings (SSSR count). The number of rotatable bonds is 3. The van der Waals surface area contributed by atoms with Gasteiger partial charge >= 0.3 is 0 Å². The van der Waals surface area contributed by atoms with Gasteiger partial charge in [-0.05, 0) is 37.6 Å². The molecule has 0 bridgehead atoms. The van der Waals surface area contributed by atoms with Gasteiger partial charge < -0.3 is 10.3 Å². The van der Waals surface area contributed by atoms with Gasteiger partial charge in [-0.15, -0.1) is 0 Å². The van der Waals surface area contributed by atoms with Crippen molar-refractivity contribution in [1.82, 2.24) is 15.0 Å². The number of nitrogens with zero attached hydrogens (tertiary/aromatic N) is 2. The molecule has 0 fully saturated rings. The van der Waals surface area contributed by atoms with Gasteiger partial charge in [0.2, 0.25) is 0 Å². The van der Waals surface area contributed by atoms with Crippen molar-refractivity contribution in [2.75, 3.05) is 5.32 Å². The maximum Gasteiger partial charge on any atom is 0.143 e. The number of halogens is 1. The van der Waals surface area contributed by atoms with E-state index in [1.54, 1.807) is 0 Å². The van der Waals surface area contributed by atoms with Crippen LogP contribution in [0.3, 0.4) is 0 Å². The zero-order chi connectivity index (χ0) is 14.1. The van der Waals surface area contributed by atoms with E-state index in [4.69, 9.17) is 11.6 Å². The normalized spacial score (nSPS) is 10.9.